The number of aromatic nitrogens is 2. The first-order valence-corrected chi connectivity index (χ1v) is 12.5. The van der Waals surface area contributed by atoms with E-state index in [9.17, 15) is 4.89 Å². The van der Waals surface area contributed by atoms with E-state index in [4.69, 9.17) is 16.3 Å². The van der Waals surface area contributed by atoms with Crippen LogP contribution in [0.15, 0.2) is 86.0 Å². The standard InChI is InChI=1S/C14H15O2PS2.C6H9N2/c15-17(18,16-11-13-7-3-1-4-8-13)19-12-14-9-5-2-6-10-14;1-3-8-5-4-7(2)6-8/h1-10H,11-12H2,(H,15,18);3-6H,1H2,2H3/q;+1/p-1. The minimum Gasteiger partial charge on any atom is -0.793 e. The highest BCUT2D eigenvalue weighted by Gasteiger charge is 2.05. The molecule has 0 spiro atoms. The fraction of sp³-hybridized carbons (Fsp3) is 0.150. The van der Waals surface area contributed by atoms with Crippen molar-refractivity contribution in [2.24, 2.45) is 7.05 Å². The molecule has 4 nitrogen and oxygen atoms in total. The Morgan fingerprint density at radius 2 is 1.74 bits per heavy atom. The van der Waals surface area contributed by atoms with Gasteiger partial charge in [-0.15, -0.1) is 11.4 Å². The van der Waals surface area contributed by atoms with Crippen LogP contribution in [0, 0.1) is 0 Å². The number of rotatable bonds is 7. The molecule has 1 aromatic heterocycles. The van der Waals surface area contributed by atoms with Gasteiger partial charge in [-0.2, -0.15) is 0 Å². The SMILES string of the molecule is C=Cn1cc[n+](C)c1.[O-]P(=S)(OCc1ccccc1)SCc1ccccc1. The van der Waals surface area contributed by atoms with Crippen molar-refractivity contribution in [3.8, 4) is 0 Å². The largest absolute Gasteiger partial charge is 0.793 e. The highest BCUT2D eigenvalue weighted by molar-refractivity contribution is 8.66. The molecule has 0 radical (unpaired) electrons. The fourth-order valence-corrected chi connectivity index (χ4v) is 4.89. The Bertz CT molecular complexity index is 822. The summed E-state index contributed by atoms with van der Waals surface area (Å²) in [6.45, 7) is 3.89. The van der Waals surface area contributed by atoms with Gasteiger partial charge in [0.1, 0.15) is 12.4 Å². The summed E-state index contributed by atoms with van der Waals surface area (Å²) in [5, 5.41) is 0. The van der Waals surface area contributed by atoms with Gasteiger partial charge in [-0.1, -0.05) is 79.0 Å². The number of aryl methyl sites for hydroxylation is 1. The van der Waals surface area contributed by atoms with Gasteiger partial charge < -0.3 is 9.42 Å². The Morgan fingerprint density at radius 3 is 2.22 bits per heavy atom. The fourth-order valence-electron chi connectivity index (χ4n) is 2.07. The molecule has 27 heavy (non-hydrogen) atoms. The second-order valence-electron chi connectivity index (χ2n) is 5.67. The van der Waals surface area contributed by atoms with Crippen molar-refractivity contribution in [2.45, 2.75) is 12.4 Å². The van der Waals surface area contributed by atoms with Gasteiger partial charge >= 0.3 is 0 Å². The van der Waals surface area contributed by atoms with Crippen LogP contribution in [0.25, 0.3) is 6.20 Å². The zero-order valence-electron chi connectivity index (χ0n) is 15.2. The molecule has 0 fully saturated rings. The lowest BCUT2D eigenvalue weighted by molar-refractivity contribution is -0.670. The molecular formula is C20H23N2O2PS2. The normalized spacial score (nSPS) is 12.5. The molecule has 0 aliphatic heterocycles. The Labute approximate surface area is 170 Å². The Hall–Kier alpha value is -1.69. The summed E-state index contributed by atoms with van der Waals surface area (Å²) in [5.74, 6) is 0.608. The molecule has 142 valence electrons. The Balaban J connectivity index is 0.000000273. The molecular weight excluding hydrogens is 395 g/mol. The lowest BCUT2D eigenvalue weighted by atomic mass is 10.2. The van der Waals surface area contributed by atoms with Crippen molar-refractivity contribution in [2.75, 3.05) is 0 Å². The van der Waals surface area contributed by atoms with Crippen molar-refractivity contribution in [3.63, 3.8) is 0 Å². The van der Waals surface area contributed by atoms with Gasteiger partial charge in [-0.25, -0.2) is 9.13 Å². The van der Waals surface area contributed by atoms with Crippen LogP contribution in [0.4, 0.5) is 0 Å². The number of benzene rings is 2. The van der Waals surface area contributed by atoms with E-state index >= 15 is 0 Å². The molecule has 7 heteroatoms. The van der Waals surface area contributed by atoms with Crippen LogP contribution >= 0.6 is 17.1 Å². The summed E-state index contributed by atoms with van der Waals surface area (Å²) in [4.78, 5) is 12.1. The Kier molecular flexibility index (Phi) is 8.98. The molecule has 0 aliphatic carbocycles. The molecule has 0 saturated carbocycles. The summed E-state index contributed by atoms with van der Waals surface area (Å²) < 4.78 is 9.22. The molecule has 1 unspecified atom stereocenters. The van der Waals surface area contributed by atoms with E-state index in [0.717, 1.165) is 11.1 Å². The average Bonchev–Trinajstić information content (AvgIpc) is 3.13. The van der Waals surface area contributed by atoms with Crippen LogP contribution in [-0.2, 0) is 35.7 Å². The van der Waals surface area contributed by atoms with E-state index in [1.165, 1.54) is 11.4 Å². The summed E-state index contributed by atoms with van der Waals surface area (Å²) in [5.41, 5.74) is -0.946. The second kappa shape index (κ2) is 11.2. The maximum absolute atomic E-state index is 12.1. The summed E-state index contributed by atoms with van der Waals surface area (Å²) in [7, 11) is 1.97. The van der Waals surface area contributed by atoms with Crippen LogP contribution < -0.4 is 9.46 Å². The topological polar surface area (TPSA) is 41.1 Å². The predicted octanol–water partition coefficient (Wildman–Crippen LogP) is 4.13. The molecule has 3 aromatic rings. The van der Waals surface area contributed by atoms with Gasteiger partial charge in [0.15, 0.2) is 0 Å². The quantitative estimate of drug-likeness (QED) is 0.427. The van der Waals surface area contributed by atoms with E-state index < -0.39 is 5.69 Å². The lowest BCUT2D eigenvalue weighted by Crippen LogP contribution is -2.23. The lowest BCUT2D eigenvalue weighted by Gasteiger charge is -2.26. The van der Waals surface area contributed by atoms with E-state index in [1.807, 2.05) is 95.6 Å². The minimum atomic E-state index is -3.02. The number of hydrogen-bond acceptors (Lipinski definition) is 4. The van der Waals surface area contributed by atoms with Crippen LogP contribution in [0.1, 0.15) is 11.1 Å². The Morgan fingerprint density at radius 1 is 1.15 bits per heavy atom. The van der Waals surface area contributed by atoms with Crippen molar-refractivity contribution in [1.82, 2.24) is 4.57 Å². The van der Waals surface area contributed by atoms with Crippen molar-refractivity contribution >= 4 is 35.1 Å². The third-order valence-electron chi connectivity index (χ3n) is 3.46. The van der Waals surface area contributed by atoms with Gasteiger partial charge in [0.05, 0.1) is 19.9 Å². The molecule has 0 saturated heterocycles. The first kappa shape index (κ1) is 21.6. The summed E-state index contributed by atoms with van der Waals surface area (Å²) in [6.07, 6.45) is 7.58. The van der Waals surface area contributed by atoms with Gasteiger partial charge in [-0.05, 0) is 11.1 Å². The van der Waals surface area contributed by atoms with E-state index in [1.54, 1.807) is 6.20 Å². The first-order chi connectivity index (χ1) is 13.0. The molecule has 0 aliphatic rings. The third kappa shape index (κ3) is 8.69. The van der Waals surface area contributed by atoms with Crippen molar-refractivity contribution in [1.29, 1.82) is 0 Å². The third-order valence-corrected chi connectivity index (χ3v) is 7.61. The molecule has 2 aromatic carbocycles. The maximum atomic E-state index is 12.1. The molecule has 0 N–H and O–H groups in total. The van der Waals surface area contributed by atoms with E-state index in [2.05, 4.69) is 6.58 Å². The van der Waals surface area contributed by atoms with Gasteiger partial charge in [0.2, 0.25) is 6.33 Å². The van der Waals surface area contributed by atoms with E-state index in [-0.39, 0.29) is 0 Å². The number of imidazole rings is 1. The highest BCUT2D eigenvalue weighted by atomic mass is 32.9. The van der Waals surface area contributed by atoms with Gasteiger partial charge in [-0.3, -0.25) is 0 Å². The molecule has 0 bridgehead atoms. The summed E-state index contributed by atoms with van der Waals surface area (Å²) in [6, 6.07) is 19.5. The second-order valence-corrected chi connectivity index (χ2v) is 11.7. The summed E-state index contributed by atoms with van der Waals surface area (Å²) >= 11 is 6.24. The van der Waals surface area contributed by atoms with Gasteiger partial charge in [0, 0.05) is 11.4 Å². The van der Waals surface area contributed by atoms with E-state index in [0.29, 0.717) is 12.4 Å². The molecule has 3 rings (SSSR count). The number of nitrogens with zero attached hydrogens (tertiary/aromatic N) is 2. The zero-order chi connectivity index (χ0) is 19.5. The van der Waals surface area contributed by atoms with Crippen LogP contribution in [0.5, 0.6) is 0 Å². The molecule has 0 amide bonds. The average molecular weight is 419 g/mol. The van der Waals surface area contributed by atoms with Crippen LogP contribution in [0.3, 0.4) is 0 Å². The molecule has 1 atom stereocenters. The maximum Gasteiger partial charge on any atom is 0.248 e. The van der Waals surface area contributed by atoms with Crippen LogP contribution in [-0.4, -0.2) is 4.57 Å². The van der Waals surface area contributed by atoms with Crippen molar-refractivity contribution in [3.05, 3.63) is 97.1 Å². The molecule has 1 heterocycles. The monoisotopic (exact) mass is 418 g/mol. The van der Waals surface area contributed by atoms with Crippen molar-refractivity contribution < 1.29 is 14.0 Å². The highest BCUT2D eigenvalue weighted by Crippen LogP contribution is 2.53. The minimum absolute atomic E-state index is 0.295. The smallest absolute Gasteiger partial charge is 0.248 e. The number of hydrogen-bond donors (Lipinski definition) is 0. The van der Waals surface area contributed by atoms with Crippen LogP contribution in [0.2, 0.25) is 0 Å². The predicted molar refractivity (Wildman–Crippen MR) is 115 cm³/mol. The zero-order valence-corrected chi connectivity index (χ0v) is 17.7. The first-order valence-electron chi connectivity index (χ1n) is 8.32. The van der Waals surface area contributed by atoms with Gasteiger partial charge in [0.25, 0.3) is 0 Å².